The maximum atomic E-state index is 9.48. The van der Waals surface area contributed by atoms with Crippen LogP contribution in [-0.2, 0) is 0 Å². The van der Waals surface area contributed by atoms with E-state index in [1.807, 2.05) is 18.3 Å². The third-order valence-corrected chi connectivity index (χ3v) is 3.08. The number of aliphatic hydroxyl groups is 1. The maximum Gasteiger partial charge on any atom is 0.0730 e. The summed E-state index contributed by atoms with van der Waals surface area (Å²) in [6.45, 7) is 0. The van der Waals surface area contributed by atoms with E-state index in [4.69, 9.17) is 0 Å². The molecule has 2 nitrogen and oxygen atoms in total. The van der Waals surface area contributed by atoms with Crippen LogP contribution in [0.4, 0.5) is 0 Å². The Labute approximate surface area is 94.3 Å². The molecule has 0 aliphatic heterocycles. The lowest BCUT2D eigenvalue weighted by molar-refractivity contribution is 0.223. The number of benzene rings is 1. The van der Waals surface area contributed by atoms with Crippen LogP contribution in [0.25, 0.3) is 16.5 Å². The molecule has 80 valence electrons. The quantitative estimate of drug-likeness (QED) is 0.786. The van der Waals surface area contributed by atoms with Crippen LogP contribution in [0, 0.1) is 0 Å². The van der Waals surface area contributed by atoms with Crippen LogP contribution < -0.4 is 0 Å². The van der Waals surface area contributed by atoms with E-state index < -0.39 is 0 Å². The molecule has 2 aromatic rings. The molecule has 1 N–H and O–H groups in total. The molecule has 0 spiro atoms. The molecule has 1 aliphatic rings. The van der Waals surface area contributed by atoms with E-state index in [-0.39, 0.29) is 6.10 Å². The van der Waals surface area contributed by atoms with Gasteiger partial charge < -0.3 is 5.11 Å². The average Bonchev–Trinajstić information content (AvgIpc) is 2.75. The van der Waals surface area contributed by atoms with Crippen molar-refractivity contribution in [3.63, 3.8) is 0 Å². The third-order valence-electron chi connectivity index (χ3n) is 3.08. The molecule has 1 unspecified atom stereocenters. The molecule has 0 bridgehead atoms. The van der Waals surface area contributed by atoms with Gasteiger partial charge in [0, 0.05) is 11.6 Å². The smallest absolute Gasteiger partial charge is 0.0730 e. The van der Waals surface area contributed by atoms with Crippen molar-refractivity contribution in [2.24, 2.45) is 0 Å². The van der Waals surface area contributed by atoms with Crippen LogP contribution in [0.2, 0.25) is 0 Å². The van der Waals surface area contributed by atoms with Crippen molar-refractivity contribution in [3.05, 3.63) is 48.2 Å². The number of hydrogen-bond donors (Lipinski definition) is 1. The maximum absolute atomic E-state index is 9.48. The number of pyridine rings is 1. The van der Waals surface area contributed by atoms with Gasteiger partial charge >= 0.3 is 0 Å². The van der Waals surface area contributed by atoms with Crippen LogP contribution in [0.1, 0.15) is 18.4 Å². The van der Waals surface area contributed by atoms with Gasteiger partial charge in [0.25, 0.3) is 0 Å². The lowest BCUT2D eigenvalue weighted by atomic mass is 10.0. The molecular formula is C14H13NO. The molecule has 1 atom stereocenters. The number of aliphatic hydroxyl groups excluding tert-OH is 1. The van der Waals surface area contributed by atoms with Gasteiger partial charge in [-0.15, -0.1) is 0 Å². The lowest BCUT2D eigenvalue weighted by Gasteiger charge is -2.03. The zero-order valence-corrected chi connectivity index (χ0v) is 8.93. The lowest BCUT2D eigenvalue weighted by Crippen LogP contribution is -1.93. The van der Waals surface area contributed by atoms with Crippen LogP contribution >= 0.6 is 0 Å². The Kier molecular flexibility index (Phi) is 2.22. The van der Waals surface area contributed by atoms with Crippen molar-refractivity contribution in [2.45, 2.75) is 18.9 Å². The minimum absolute atomic E-state index is 0.269. The Morgan fingerprint density at radius 1 is 1.25 bits per heavy atom. The second kappa shape index (κ2) is 3.72. The van der Waals surface area contributed by atoms with Crippen LogP contribution in [0.3, 0.4) is 0 Å². The van der Waals surface area contributed by atoms with Gasteiger partial charge in [-0.1, -0.05) is 24.3 Å². The number of nitrogens with zero attached hydrogens (tertiary/aromatic N) is 1. The monoisotopic (exact) mass is 211 g/mol. The van der Waals surface area contributed by atoms with Crippen LogP contribution in [0.5, 0.6) is 0 Å². The number of aromatic nitrogens is 1. The average molecular weight is 211 g/mol. The predicted octanol–water partition coefficient (Wildman–Crippen LogP) is 2.77. The SMILES string of the molecule is OC1C=C(c2ccc3cccnc3c2)CC1. The highest BCUT2D eigenvalue weighted by Gasteiger charge is 2.14. The van der Waals surface area contributed by atoms with Gasteiger partial charge in [0.15, 0.2) is 0 Å². The Balaban J connectivity index is 2.09. The molecule has 0 radical (unpaired) electrons. The summed E-state index contributed by atoms with van der Waals surface area (Å²) in [5, 5.41) is 10.6. The summed E-state index contributed by atoms with van der Waals surface area (Å²) in [6, 6.07) is 10.3. The van der Waals surface area contributed by atoms with E-state index in [1.165, 1.54) is 11.1 Å². The van der Waals surface area contributed by atoms with Crippen molar-refractivity contribution >= 4 is 16.5 Å². The first kappa shape index (κ1) is 9.55. The summed E-state index contributed by atoms with van der Waals surface area (Å²) in [5.74, 6) is 0. The molecule has 3 rings (SSSR count). The summed E-state index contributed by atoms with van der Waals surface area (Å²) < 4.78 is 0. The first-order valence-electron chi connectivity index (χ1n) is 5.57. The van der Waals surface area contributed by atoms with Crippen molar-refractivity contribution in [1.29, 1.82) is 0 Å². The van der Waals surface area contributed by atoms with Crippen LogP contribution in [-0.4, -0.2) is 16.2 Å². The van der Waals surface area contributed by atoms with Crippen molar-refractivity contribution < 1.29 is 5.11 Å². The van der Waals surface area contributed by atoms with Gasteiger partial charge in [-0.2, -0.15) is 0 Å². The van der Waals surface area contributed by atoms with E-state index in [1.54, 1.807) is 0 Å². The highest BCUT2D eigenvalue weighted by Crippen LogP contribution is 2.29. The first-order valence-corrected chi connectivity index (χ1v) is 5.57. The topological polar surface area (TPSA) is 33.1 Å². The first-order chi connectivity index (χ1) is 7.83. The minimum atomic E-state index is -0.269. The zero-order valence-electron chi connectivity index (χ0n) is 8.93. The van der Waals surface area contributed by atoms with Gasteiger partial charge in [-0.05, 0) is 36.1 Å². The summed E-state index contributed by atoms with van der Waals surface area (Å²) in [7, 11) is 0. The highest BCUT2D eigenvalue weighted by atomic mass is 16.3. The Morgan fingerprint density at radius 3 is 3.00 bits per heavy atom. The molecule has 2 heteroatoms. The molecule has 0 amide bonds. The summed E-state index contributed by atoms with van der Waals surface area (Å²) in [6.07, 6.45) is 5.29. The van der Waals surface area contributed by atoms with Crippen molar-refractivity contribution in [1.82, 2.24) is 4.98 Å². The van der Waals surface area contributed by atoms with Crippen LogP contribution in [0.15, 0.2) is 42.6 Å². The summed E-state index contributed by atoms with van der Waals surface area (Å²) >= 11 is 0. The second-order valence-corrected chi connectivity index (χ2v) is 4.21. The predicted molar refractivity (Wildman–Crippen MR) is 65.0 cm³/mol. The molecule has 1 aromatic carbocycles. The fourth-order valence-electron chi connectivity index (χ4n) is 2.21. The van der Waals surface area contributed by atoms with Gasteiger partial charge in [-0.3, -0.25) is 4.98 Å². The normalized spacial score (nSPS) is 20.1. The van der Waals surface area contributed by atoms with E-state index in [9.17, 15) is 5.11 Å². The number of allylic oxidation sites excluding steroid dienone is 1. The number of hydrogen-bond acceptors (Lipinski definition) is 2. The minimum Gasteiger partial charge on any atom is -0.389 e. The van der Waals surface area contributed by atoms with Gasteiger partial charge in [0.05, 0.1) is 11.6 Å². The van der Waals surface area contributed by atoms with E-state index in [0.29, 0.717) is 0 Å². The van der Waals surface area contributed by atoms with Crippen molar-refractivity contribution in [2.75, 3.05) is 0 Å². The van der Waals surface area contributed by atoms with Gasteiger partial charge in [-0.25, -0.2) is 0 Å². The molecule has 0 fully saturated rings. The molecule has 16 heavy (non-hydrogen) atoms. The Hall–Kier alpha value is -1.67. The summed E-state index contributed by atoms with van der Waals surface area (Å²) in [5.41, 5.74) is 3.44. The van der Waals surface area contributed by atoms with Gasteiger partial charge in [0.1, 0.15) is 0 Å². The molecular weight excluding hydrogens is 198 g/mol. The number of fused-ring (bicyclic) bond motifs is 1. The molecule has 0 saturated carbocycles. The van der Waals surface area contributed by atoms with Gasteiger partial charge in [0.2, 0.25) is 0 Å². The Bertz CT molecular complexity index is 559. The largest absolute Gasteiger partial charge is 0.389 e. The number of rotatable bonds is 1. The van der Waals surface area contributed by atoms with E-state index in [0.717, 1.165) is 23.7 Å². The van der Waals surface area contributed by atoms with E-state index >= 15 is 0 Å². The molecule has 1 aliphatic carbocycles. The molecule has 0 saturated heterocycles. The standard InChI is InChI=1S/C14H13NO/c16-13-6-5-11(8-13)12-4-3-10-2-1-7-15-14(10)9-12/h1-4,7-9,13,16H,5-6H2. The van der Waals surface area contributed by atoms with E-state index in [2.05, 4.69) is 29.2 Å². The highest BCUT2D eigenvalue weighted by molar-refractivity contribution is 5.83. The Morgan fingerprint density at radius 2 is 2.19 bits per heavy atom. The fourth-order valence-corrected chi connectivity index (χ4v) is 2.21. The fraction of sp³-hybridized carbons (Fsp3) is 0.214. The third kappa shape index (κ3) is 1.61. The van der Waals surface area contributed by atoms with Crippen molar-refractivity contribution in [3.8, 4) is 0 Å². The second-order valence-electron chi connectivity index (χ2n) is 4.21. The zero-order chi connectivity index (χ0) is 11.0. The molecule has 1 heterocycles. The summed E-state index contributed by atoms with van der Waals surface area (Å²) in [4.78, 5) is 4.34. The molecule has 1 aromatic heterocycles.